The molecule has 52 valence electrons. The van der Waals surface area contributed by atoms with E-state index in [-0.39, 0.29) is 4.90 Å². The average Bonchev–Trinajstić information content (AvgIpc) is 1.96. The summed E-state index contributed by atoms with van der Waals surface area (Å²) in [6, 6.07) is 0. The normalized spacial score (nSPS) is 55.4. The standard InChI is InChI=1S/C6H12N2O/c1-6(9)8-4-2-7-3-5-8/h7H,2-5H2,1H3/i2D2,3D2,4D2,5D2. The van der Waals surface area contributed by atoms with E-state index >= 15 is 0 Å². The number of nitrogens with one attached hydrogen (secondary N) is 1. The van der Waals surface area contributed by atoms with Gasteiger partial charge in [-0.2, -0.15) is 0 Å². The fraction of sp³-hybridized carbons (Fsp3) is 0.833. The lowest BCUT2D eigenvalue weighted by Crippen LogP contribution is -2.45. The molecule has 1 rings (SSSR count). The van der Waals surface area contributed by atoms with Gasteiger partial charge < -0.3 is 10.2 Å². The van der Waals surface area contributed by atoms with Crippen molar-refractivity contribution in [1.82, 2.24) is 10.2 Å². The van der Waals surface area contributed by atoms with E-state index in [2.05, 4.69) is 0 Å². The van der Waals surface area contributed by atoms with Crippen molar-refractivity contribution < 1.29 is 15.8 Å². The van der Waals surface area contributed by atoms with E-state index in [9.17, 15) is 4.79 Å². The summed E-state index contributed by atoms with van der Waals surface area (Å²) in [6.45, 7) is -11.0. The zero-order chi connectivity index (χ0) is 13.9. The van der Waals surface area contributed by atoms with E-state index in [0.29, 0.717) is 0 Å². The first kappa shape index (κ1) is 1.72. The molecule has 1 amide bonds. The largest absolute Gasteiger partial charge is 0.340 e. The smallest absolute Gasteiger partial charge is 0.219 e. The molecule has 0 aromatic heterocycles. The second-order valence-electron chi connectivity index (χ2n) is 1.45. The van der Waals surface area contributed by atoms with Gasteiger partial charge in [0.1, 0.15) is 0 Å². The molecule has 3 heteroatoms. The lowest BCUT2D eigenvalue weighted by atomic mass is 10.4. The van der Waals surface area contributed by atoms with Crippen LogP contribution in [-0.4, -0.2) is 36.8 Å². The van der Waals surface area contributed by atoms with Crippen molar-refractivity contribution in [3.8, 4) is 0 Å². The molecule has 0 aromatic rings. The van der Waals surface area contributed by atoms with Crippen molar-refractivity contribution in [2.24, 2.45) is 0 Å². The van der Waals surface area contributed by atoms with Gasteiger partial charge in [-0.3, -0.25) is 4.79 Å². The Balaban J connectivity index is 3.43. The third-order valence-electron chi connectivity index (χ3n) is 0.775. The molecule has 3 nitrogen and oxygen atoms in total. The summed E-state index contributed by atoms with van der Waals surface area (Å²) < 4.78 is 59.4. The maximum atomic E-state index is 11.3. The highest BCUT2D eigenvalue weighted by molar-refractivity contribution is 5.73. The van der Waals surface area contributed by atoms with Crippen LogP contribution in [0.1, 0.15) is 17.9 Å². The van der Waals surface area contributed by atoms with Gasteiger partial charge in [0.2, 0.25) is 5.91 Å². The molecule has 0 spiro atoms. The Hall–Kier alpha value is -0.570. The Labute approximate surface area is 66.3 Å². The van der Waals surface area contributed by atoms with Gasteiger partial charge in [0, 0.05) is 38.4 Å². The number of amides is 1. The lowest BCUT2D eigenvalue weighted by molar-refractivity contribution is -0.129. The Morgan fingerprint density at radius 2 is 2.22 bits per heavy atom. The number of hydrogen-bond donors (Lipinski definition) is 1. The fourth-order valence-corrected chi connectivity index (χ4v) is 0.384. The monoisotopic (exact) mass is 136 g/mol. The van der Waals surface area contributed by atoms with Crippen molar-refractivity contribution in [3.05, 3.63) is 0 Å². The summed E-state index contributed by atoms with van der Waals surface area (Å²) in [4.78, 5) is 11.2. The van der Waals surface area contributed by atoms with Crippen molar-refractivity contribution in [3.63, 3.8) is 0 Å². The molecule has 9 heavy (non-hydrogen) atoms. The van der Waals surface area contributed by atoms with Crippen LogP contribution in [0.4, 0.5) is 0 Å². The summed E-state index contributed by atoms with van der Waals surface area (Å²) in [5, 5.41) is 1.62. The minimum Gasteiger partial charge on any atom is -0.340 e. The van der Waals surface area contributed by atoms with E-state index in [1.165, 1.54) is 0 Å². The number of hydrogen-bond acceptors (Lipinski definition) is 2. The fourth-order valence-electron chi connectivity index (χ4n) is 0.384. The van der Waals surface area contributed by atoms with E-state index in [0.717, 1.165) is 6.92 Å². The predicted octanol–water partition coefficient (Wildman–Crippen LogP) is -0.562. The molecule has 1 aliphatic rings. The van der Waals surface area contributed by atoms with Gasteiger partial charge in [-0.1, -0.05) is 0 Å². The molecule has 1 saturated heterocycles. The van der Waals surface area contributed by atoms with Gasteiger partial charge in [-0.05, 0) is 0 Å². The molecule has 0 bridgehead atoms. The number of piperazine rings is 1. The number of nitrogens with zero attached hydrogens (tertiary/aromatic N) is 1. The van der Waals surface area contributed by atoms with Crippen LogP contribution in [0.3, 0.4) is 0 Å². The number of rotatable bonds is 0. The maximum Gasteiger partial charge on any atom is 0.219 e. The molecule has 0 radical (unpaired) electrons. The van der Waals surface area contributed by atoms with Crippen LogP contribution < -0.4 is 5.32 Å². The summed E-state index contributed by atoms with van der Waals surface area (Å²) in [7, 11) is 0. The molecule has 1 N–H and O–H groups in total. The van der Waals surface area contributed by atoms with Crippen LogP contribution in [-0.2, 0) is 4.79 Å². The minimum absolute atomic E-state index is 0.0451. The van der Waals surface area contributed by atoms with E-state index in [1.54, 1.807) is 5.32 Å². The van der Waals surface area contributed by atoms with E-state index in [4.69, 9.17) is 11.0 Å². The Bertz CT molecular complexity index is 328. The van der Waals surface area contributed by atoms with Gasteiger partial charge in [0.05, 0.1) is 5.48 Å². The first-order chi connectivity index (χ1) is 7.27. The highest BCUT2D eigenvalue weighted by atomic mass is 16.2. The van der Waals surface area contributed by atoms with E-state index < -0.39 is 31.9 Å². The Kier molecular flexibility index (Phi) is 0.541. The van der Waals surface area contributed by atoms with Crippen LogP contribution >= 0.6 is 0 Å². The van der Waals surface area contributed by atoms with E-state index in [1.807, 2.05) is 0 Å². The van der Waals surface area contributed by atoms with Crippen molar-refractivity contribution in [2.45, 2.75) is 6.92 Å². The molecule has 0 saturated carbocycles. The second-order valence-corrected chi connectivity index (χ2v) is 1.45. The first-order valence-corrected chi connectivity index (χ1v) is 2.37. The lowest BCUT2D eigenvalue weighted by Gasteiger charge is -2.25. The molecular weight excluding hydrogens is 116 g/mol. The van der Waals surface area contributed by atoms with Gasteiger partial charge >= 0.3 is 0 Å². The SMILES string of the molecule is [2H]C1([2H])NC([2H])([2H])C([2H])([2H])N(C(C)=O)C1([2H])[2H]. The summed E-state index contributed by atoms with van der Waals surface area (Å²) in [5.74, 6) is -1.09. The van der Waals surface area contributed by atoms with Crippen LogP contribution in [0.25, 0.3) is 0 Å². The zero-order valence-corrected chi connectivity index (χ0v) is 4.86. The molecule has 0 aromatic carbocycles. The second kappa shape index (κ2) is 2.82. The number of carbonyl (C=O) groups excluding carboxylic acids is 1. The average molecular weight is 136 g/mol. The molecular formula is C6H12N2O. The first-order valence-electron chi connectivity index (χ1n) is 6.37. The third-order valence-corrected chi connectivity index (χ3v) is 0.775. The highest BCUT2D eigenvalue weighted by Gasteiger charge is 2.10. The summed E-state index contributed by atoms with van der Waals surface area (Å²) in [5.41, 5.74) is 0. The van der Waals surface area contributed by atoms with Gasteiger partial charge in [0.15, 0.2) is 0 Å². The number of carbonyl (C=O) groups is 1. The molecule has 0 unspecified atom stereocenters. The third kappa shape index (κ3) is 1.68. The van der Waals surface area contributed by atoms with Crippen molar-refractivity contribution in [1.29, 1.82) is 0 Å². The molecule has 0 aliphatic carbocycles. The predicted molar refractivity (Wildman–Crippen MR) is 35.1 cm³/mol. The molecule has 1 aliphatic heterocycles. The molecule has 1 fully saturated rings. The van der Waals surface area contributed by atoms with Crippen LogP contribution in [0.5, 0.6) is 0 Å². The Morgan fingerprint density at radius 1 is 1.67 bits per heavy atom. The quantitative estimate of drug-likeness (QED) is 0.484. The highest BCUT2D eigenvalue weighted by Crippen LogP contribution is 1.90. The minimum atomic E-state index is -3.01. The molecule has 1 heterocycles. The van der Waals surface area contributed by atoms with Crippen LogP contribution in [0.15, 0.2) is 0 Å². The molecule has 0 atom stereocenters. The van der Waals surface area contributed by atoms with Crippen LogP contribution in [0, 0.1) is 0 Å². The van der Waals surface area contributed by atoms with Crippen molar-refractivity contribution >= 4 is 5.91 Å². The van der Waals surface area contributed by atoms with Crippen molar-refractivity contribution in [2.75, 3.05) is 26.0 Å². The van der Waals surface area contributed by atoms with Gasteiger partial charge in [0.25, 0.3) is 0 Å². The zero-order valence-electron chi connectivity index (χ0n) is 12.9. The summed E-state index contributed by atoms with van der Waals surface area (Å²) >= 11 is 0. The Morgan fingerprint density at radius 3 is 2.67 bits per heavy atom. The topological polar surface area (TPSA) is 32.3 Å². The van der Waals surface area contributed by atoms with Gasteiger partial charge in [-0.25, -0.2) is 0 Å². The van der Waals surface area contributed by atoms with Crippen LogP contribution in [0.2, 0.25) is 0 Å². The van der Waals surface area contributed by atoms with Gasteiger partial charge in [-0.15, -0.1) is 0 Å². The summed E-state index contributed by atoms with van der Waals surface area (Å²) in [6.07, 6.45) is 0. The maximum absolute atomic E-state index is 11.3.